The molecule has 1 aliphatic rings. The Morgan fingerprint density at radius 1 is 1.24 bits per heavy atom. The summed E-state index contributed by atoms with van der Waals surface area (Å²) in [7, 11) is 0. The molecule has 3 rings (SSSR count). The molecule has 3 nitrogen and oxygen atoms in total. The van der Waals surface area contributed by atoms with Gasteiger partial charge in [-0.25, -0.2) is 0 Å². The Bertz CT molecular complexity index is 517. The second kappa shape index (κ2) is 4.17. The van der Waals surface area contributed by atoms with E-state index in [0.717, 1.165) is 12.8 Å². The lowest BCUT2D eigenvalue weighted by Gasteiger charge is -2.34. The van der Waals surface area contributed by atoms with Crippen molar-refractivity contribution in [2.24, 2.45) is 5.73 Å². The number of hydrogen-bond donors (Lipinski definition) is 3. The normalized spacial score (nSPS) is 29.6. The number of aromatic amines is 1. The monoisotopic (exact) mass is 229 g/mol. The molecule has 0 radical (unpaired) electrons. The highest BCUT2D eigenvalue weighted by molar-refractivity contribution is 5.82. The Morgan fingerprint density at radius 2 is 2.12 bits per heavy atom. The topological polar surface area (TPSA) is 53.8 Å². The zero-order valence-corrected chi connectivity index (χ0v) is 10.1. The lowest BCUT2D eigenvalue weighted by Crippen LogP contribution is -2.48. The number of hydrogen-bond acceptors (Lipinski definition) is 2. The minimum atomic E-state index is 0.286. The van der Waals surface area contributed by atoms with Crippen molar-refractivity contribution in [1.82, 2.24) is 10.3 Å². The third-order valence-corrected chi connectivity index (χ3v) is 3.89. The molecule has 1 aromatic heterocycles. The number of piperidine rings is 1. The zero-order chi connectivity index (χ0) is 11.8. The lowest BCUT2D eigenvalue weighted by molar-refractivity contribution is 0.304. The highest BCUT2D eigenvalue weighted by atomic mass is 15.0. The molecule has 1 fully saturated rings. The van der Waals surface area contributed by atoms with E-state index in [1.807, 2.05) is 6.20 Å². The maximum absolute atomic E-state index is 6.04. The number of nitrogens with one attached hydrogen (secondary N) is 2. The number of aromatic nitrogens is 1. The van der Waals surface area contributed by atoms with E-state index in [0.29, 0.717) is 12.1 Å². The molecule has 17 heavy (non-hydrogen) atoms. The molecule has 0 bridgehead atoms. The maximum atomic E-state index is 6.04. The summed E-state index contributed by atoms with van der Waals surface area (Å²) in [6.45, 7) is 2.17. The fourth-order valence-corrected chi connectivity index (χ4v) is 2.78. The van der Waals surface area contributed by atoms with Crippen molar-refractivity contribution in [3.63, 3.8) is 0 Å². The fourth-order valence-electron chi connectivity index (χ4n) is 2.78. The molecule has 0 amide bonds. The molecule has 3 unspecified atom stereocenters. The van der Waals surface area contributed by atoms with E-state index in [1.54, 1.807) is 0 Å². The molecule has 3 atom stereocenters. The smallest absolute Gasteiger partial charge is 0.0502 e. The second-order valence-electron chi connectivity index (χ2n) is 5.04. The lowest BCUT2D eigenvalue weighted by atomic mass is 9.90. The number of nitrogens with two attached hydrogens (primary N) is 1. The van der Waals surface area contributed by atoms with E-state index >= 15 is 0 Å². The summed E-state index contributed by atoms with van der Waals surface area (Å²) >= 11 is 0. The molecule has 0 aliphatic carbocycles. The first kappa shape index (κ1) is 10.8. The Kier molecular flexibility index (Phi) is 2.65. The molecule has 2 aromatic rings. The highest BCUT2D eigenvalue weighted by Gasteiger charge is 2.26. The van der Waals surface area contributed by atoms with Gasteiger partial charge in [-0.05, 0) is 36.8 Å². The molecule has 1 aromatic carbocycles. The number of benzene rings is 1. The van der Waals surface area contributed by atoms with Gasteiger partial charge in [-0.1, -0.05) is 18.2 Å². The van der Waals surface area contributed by atoms with Crippen LogP contribution in [0.25, 0.3) is 10.9 Å². The van der Waals surface area contributed by atoms with Crippen molar-refractivity contribution >= 4 is 10.9 Å². The average Bonchev–Trinajstić information content (AvgIpc) is 2.80. The van der Waals surface area contributed by atoms with Crippen LogP contribution in [0.1, 0.15) is 31.4 Å². The van der Waals surface area contributed by atoms with Crippen molar-refractivity contribution in [2.45, 2.75) is 37.9 Å². The first-order valence-corrected chi connectivity index (χ1v) is 6.33. The van der Waals surface area contributed by atoms with Crippen molar-refractivity contribution in [1.29, 1.82) is 0 Å². The van der Waals surface area contributed by atoms with Crippen LogP contribution in [0.15, 0.2) is 30.5 Å². The summed E-state index contributed by atoms with van der Waals surface area (Å²) in [5.74, 6) is 0. The van der Waals surface area contributed by atoms with Crippen molar-refractivity contribution < 1.29 is 0 Å². The van der Waals surface area contributed by atoms with Crippen LogP contribution in [0.4, 0.5) is 0 Å². The third kappa shape index (κ3) is 1.85. The molecule has 0 spiro atoms. The van der Waals surface area contributed by atoms with Crippen LogP contribution in [-0.4, -0.2) is 17.1 Å². The number of para-hydroxylation sites is 1. The molecular weight excluding hydrogens is 210 g/mol. The van der Waals surface area contributed by atoms with Crippen molar-refractivity contribution in [3.8, 4) is 0 Å². The van der Waals surface area contributed by atoms with E-state index in [2.05, 4.69) is 41.5 Å². The maximum Gasteiger partial charge on any atom is 0.0502 e. The number of H-pyrrole nitrogens is 1. The molecule has 0 saturated carbocycles. The SMILES string of the molecule is CC1NC(c2cccc3cc[nH]c23)CCC1N. The summed E-state index contributed by atoms with van der Waals surface area (Å²) in [5, 5.41) is 4.90. The number of rotatable bonds is 1. The van der Waals surface area contributed by atoms with Gasteiger partial charge in [0, 0.05) is 24.3 Å². The van der Waals surface area contributed by atoms with Gasteiger partial charge in [0.2, 0.25) is 0 Å². The molecule has 90 valence electrons. The van der Waals surface area contributed by atoms with Crippen LogP contribution in [0, 0.1) is 0 Å². The zero-order valence-electron chi connectivity index (χ0n) is 10.1. The van der Waals surface area contributed by atoms with Gasteiger partial charge >= 0.3 is 0 Å². The van der Waals surface area contributed by atoms with E-state index in [4.69, 9.17) is 5.73 Å². The highest BCUT2D eigenvalue weighted by Crippen LogP contribution is 2.29. The largest absolute Gasteiger partial charge is 0.361 e. The molecule has 4 N–H and O–H groups in total. The van der Waals surface area contributed by atoms with Crippen LogP contribution in [-0.2, 0) is 0 Å². The van der Waals surface area contributed by atoms with Crippen LogP contribution < -0.4 is 11.1 Å². The van der Waals surface area contributed by atoms with Crippen LogP contribution in [0.2, 0.25) is 0 Å². The molecule has 1 saturated heterocycles. The van der Waals surface area contributed by atoms with Gasteiger partial charge in [0.05, 0.1) is 5.52 Å². The van der Waals surface area contributed by atoms with Crippen LogP contribution in [0.3, 0.4) is 0 Å². The van der Waals surface area contributed by atoms with Gasteiger partial charge in [-0.2, -0.15) is 0 Å². The first-order valence-electron chi connectivity index (χ1n) is 6.33. The quantitative estimate of drug-likeness (QED) is 0.703. The van der Waals surface area contributed by atoms with E-state index in [9.17, 15) is 0 Å². The van der Waals surface area contributed by atoms with E-state index < -0.39 is 0 Å². The molecular formula is C14H19N3. The second-order valence-corrected chi connectivity index (χ2v) is 5.04. The van der Waals surface area contributed by atoms with Gasteiger partial charge in [0.25, 0.3) is 0 Å². The van der Waals surface area contributed by atoms with Gasteiger partial charge < -0.3 is 16.0 Å². The molecule has 3 heteroatoms. The molecule has 2 heterocycles. The average molecular weight is 229 g/mol. The predicted octanol–water partition coefficient (Wildman–Crippen LogP) is 2.31. The summed E-state index contributed by atoms with van der Waals surface area (Å²) in [4.78, 5) is 3.34. The summed E-state index contributed by atoms with van der Waals surface area (Å²) in [6.07, 6.45) is 4.21. The number of fused-ring (bicyclic) bond motifs is 1. The van der Waals surface area contributed by atoms with Gasteiger partial charge in [0.1, 0.15) is 0 Å². The summed E-state index contributed by atoms with van der Waals surface area (Å²) in [5.41, 5.74) is 8.66. The summed E-state index contributed by atoms with van der Waals surface area (Å²) in [6, 6.07) is 9.71. The van der Waals surface area contributed by atoms with Crippen molar-refractivity contribution in [3.05, 3.63) is 36.0 Å². The van der Waals surface area contributed by atoms with Crippen LogP contribution in [0.5, 0.6) is 0 Å². The van der Waals surface area contributed by atoms with Gasteiger partial charge in [-0.15, -0.1) is 0 Å². The van der Waals surface area contributed by atoms with Crippen LogP contribution >= 0.6 is 0 Å². The minimum Gasteiger partial charge on any atom is -0.361 e. The first-order chi connectivity index (χ1) is 8.25. The fraction of sp³-hybridized carbons (Fsp3) is 0.429. The van der Waals surface area contributed by atoms with Gasteiger partial charge in [-0.3, -0.25) is 0 Å². The predicted molar refractivity (Wildman–Crippen MR) is 70.8 cm³/mol. The van der Waals surface area contributed by atoms with E-state index in [-0.39, 0.29) is 6.04 Å². The van der Waals surface area contributed by atoms with Crippen molar-refractivity contribution in [2.75, 3.05) is 0 Å². The Balaban J connectivity index is 1.96. The standard InChI is InChI=1S/C14H19N3/c1-9-12(15)5-6-13(17-9)11-4-2-3-10-7-8-16-14(10)11/h2-4,7-9,12-13,16-17H,5-6,15H2,1H3. The third-order valence-electron chi connectivity index (χ3n) is 3.89. The van der Waals surface area contributed by atoms with Gasteiger partial charge in [0.15, 0.2) is 0 Å². The Morgan fingerprint density at radius 3 is 2.94 bits per heavy atom. The Hall–Kier alpha value is -1.32. The molecule has 1 aliphatic heterocycles. The minimum absolute atomic E-state index is 0.286. The Labute approximate surface area is 101 Å². The summed E-state index contributed by atoms with van der Waals surface area (Å²) < 4.78 is 0. The van der Waals surface area contributed by atoms with E-state index in [1.165, 1.54) is 16.5 Å².